The van der Waals surface area contributed by atoms with Crippen LogP contribution in [-0.4, -0.2) is 79.3 Å². The first-order valence-electron chi connectivity index (χ1n) is 13.7. The minimum Gasteiger partial charge on any atom is -0.459 e. The van der Waals surface area contributed by atoms with E-state index in [0.717, 1.165) is 43.7 Å². The molecule has 2 saturated heterocycles. The molecule has 5 rings (SSSR count). The minimum absolute atomic E-state index is 0.0288. The van der Waals surface area contributed by atoms with Gasteiger partial charge in [0.15, 0.2) is 17.3 Å². The van der Waals surface area contributed by atoms with Crippen molar-refractivity contribution < 1.29 is 28.8 Å². The number of aliphatic hydroxyl groups excluding tert-OH is 1. The molecule has 8 heteroatoms. The Labute approximate surface area is 214 Å². The van der Waals surface area contributed by atoms with Crippen molar-refractivity contribution >= 4 is 5.91 Å². The van der Waals surface area contributed by atoms with Gasteiger partial charge < -0.3 is 33.9 Å². The van der Waals surface area contributed by atoms with Crippen LogP contribution >= 0.6 is 0 Å². The molecule has 3 atom stereocenters. The Hall–Kier alpha value is -2.29. The van der Waals surface area contributed by atoms with E-state index < -0.39 is 6.29 Å². The van der Waals surface area contributed by atoms with E-state index in [9.17, 15) is 9.90 Å². The summed E-state index contributed by atoms with van der Waals surface area (Å²) >= 11 is 0. The maximum atomic E-state index is 13.6. The Morgan fingerprint density at radius 2 is 1.86 bits per heavy atom. The standard InChI is InChI=1S/C28H40N2O6/c1-2-33-28-22(7-6-16-31)23(20-8-9-24-25(17-20)35-19-34-24)18-26(36-28)27(32)30-14-10-21(11-15-30)29-12-4-3-5-13-29/h8-9,17-18,21-23,28,31H,2-7,10-16,19H2,1H3/t22-,23+,28+/m1/s1. The number of carbonyl (C=O) groups excluding carboxylic acids is 1. The van der Waals surface area contributed by atoms with Gasteiger partial charge in [0.1, 0.15) is 0 Å². The zero-order valence-corrected chi connectivity index (χ0v) is 21.4. The molecule has 0 aliphatic carbocycles. The molecule has 1 amide bonds. The van der Waals surface area contributed by atoms with Crippen molar-refractivity contribution in [1.29, 1.82) is 0 Å². The Kier molecular flexibility index (Phi) is 8.34. The molecule has 1 aromatic carbocycles. The number of benzene rings is 1. The van der Waals surface area contributed by atoms with Crippen molar-refractivity contribution in [1.82, 2.24) is 9.80 Å². The molecule has 0 unspecified atom stereocenters. The first-order chi connectivity index (χ1) is 17.7. The molecule has 1 N–H and O–H groups in total. The average molecular weight is 501 g/mol. The van der Waals surface area contributed by atoms with E-state index in [1.807, 2.05) is 36.1 Å². The number of amides is 1. The molecule has 4 aliphatic rings. The number of fused-ring (bicyclic) bond motifs is 1. The van der Waals surface area contributed by atoms with Crippen molar-refractivity contribution in [3.05, 3.63) is 35.6 Å². The molecule has 198 valence electrons. The third kappa shape index (κ3) is 5.50. The second-order valence-electron chi connectivity index (χ2n) is 10.3. The number of nitrogens with zero attached hydrogens (tertiary/aromatic N) is 2. The van der Waals surface area contributed by atoms with E-state index in [-0.39, 0.29) is 31.1 Å². The van der Waals surface area contributed by atoms with Crippen molar-refractivity contribution in [3.63, 3.8) is 0 Å². The molecule has 8 nitrogen and oxygen atoms in total. The molecule has 2 fully saturated rings. The maximum Gasteiger partial charge on any atom is 0.288 e. The summed E-state index contributed by atoms with van der Waals surface area (Å²) < 4.78 is 23.4. The smallest absolute Gasteiger partial charge is 0.288 e. The normalized spacial score (nSPS) is 27.0. The van der Waals surface area contributed by atoms with E-state index >= 15 is 0 Å². The van der Waals surface area contributed by atoms with Crippen molar-refractivity contribution in [2.24, 2.45) is 5.92 Å². The fourth-order valence-electron chi connectivity index (χ4n) is 6.13. The minimum atomic E-state index is -0.549. The number of ether oxygens (including phenoxy) is 4. The summed E-state index contributed by atoms with van der Waals surface area (Å²) in [5.41, 5.74) is 1.03. The van der Waals surface area contributed by atoms with E-state index in [4.69, 9.17) is 18.9 Å². The van der Waals surface area contributed by atoms with Gasteiger partial charge >= 0.3 is 0 Å². The van der Waals surface area contributed by atoms with Gasteiger partial charge in [-0.2, -0.15) is 0 Å². The number of piperidine rings is 2. The number of likely N-dealkylation sites (tertiary alicyclic amines) is 2. The van der Waals surface area contributed by atoms with Gasteiger partial charge in [0, 0.05) is 44.2 Å². The highest BCUT2D eigenvalue weighted by molar-refractivity contribution is 5.92. The molecule has 0 radical (unpaired) electrons. The predicted octanol–water partition coefficient (Wildman–Crippen LogP) is 3.64. The average Bonchev–Trinajstić information content (AvgIpc) is 3.40. The van der Waals surface area contributed by atoms with Crippen LogP contribution in [0.15, 0.2) is 30.0 Å². The lowest BCUT2D eigenvalue weighted by Gasteiger charge is -2.41. The predicted molar refractivity (Wildman–Crippen MR) is 135 cm³/mol. The molecule has 0 aromatic heterocycles. The highest BCUT2D eigenvalue weighted by atomic mass is 16.7. The SMILES string of the molecule is CCO[C@H]1OC(C(=O)N2CCC(N3CCCCC3)CC2)=C[C@@H](c2ccc3c(c2)OCO3)[C@H]1CCCO. The molecule has 0 saturated carbocycles. The number of rotatable bonds is 8. The summed E-state index contributed by atoms with van der Waals surface area (Å²) in [7, 11) is 0. The van der Waals surface area contributed by atoms with Gasteiger partial charge in [-0.1, -0.05) is 12.5 Å². The van der Waals surface area contributed by atoms with Crippen LogP contribution in [0.3, 0.4) is 0 Å². The lowest BCUT2D eigenvalue weighted by atomic mass is 9.80. The number of carbonyl (C=O) groups is 1. The van der Waals surface area contributed by atoms with E-state index in [1.165, 1.54) is 32.4 Å². The first kappa shape index (κ1) is 25.4. The molecule has 0 bridgehead atoms. The first-order valence-corrected chi connectivity index (χ1v) is 13.7. The van der Waals surface area contributed by atoms with Crippen LogP contribution in [-0.2, 0) is 14.3 Å². The topological polar surface area (TPSA) is 80.7 Å². The van der Waals surface area contributed by atoms with Crippen LogP contribution in [0.4, 0.5) is 0 Å². The van der Waals surface area contributed by atoms with E-state index in [2.05, 4.69) is 4.90 Å². The van der Waals surface area contributed by atoms with E-state index in [0.29, 0.717) is 30.6 Å². The van der Waals surface area contributed by atoms with Gasteiger partial charge in [-0.15, -0.1) is 0 Å². The highest BCUT2D eigenvalue weighted by Gasteiger charge is 2.40. The molecular weight excluding hydrogens is 460 g/mol. The van der Waals surface area contributed by atoms with Crippen LogP contribution in [0.5, 0.6) is 11.5 Å². The van der Waals surface area contributed by atoms with E-state index in [1.54, 1.807) is 0 Å². The van der Waals surface area contributed by atoms with Crippen LogP contribution in [0.25, 0.3) is 0 Å². The molecule has 36 heavy (non-hydrogen) atoms. The van der Waals surface area contributed by atoms with Gasteiger partial charge in [-0.25, -0.2) is 0 Å². The van der Waals surface area contributed by atoms with Gasteiger partial charge in [0.05, 0.1) is 0 Å². The Balaban J connectivity index is 1.35. The third-order valence-corrected chi connectivity index (χ3v) is 8.06. The van der Waals surface area contributed by atoms with Crippen LogP contribution in [0, 0.1) is 5.92 Å². The Morgan fingerprint density at radius 3 is 2.61 bits per heavy atom. The number of aliphatic hydroxyl groups is 1. The monoisotopic (exact) mass is 500 g/mol. The van der Waals surface area contributed by atoms with Gasteiger partial charge in [-0.05, 0) is 82.3 Å². The zero-order chi connectivity index (χ0) is 24.9. The van der Waals surface area contributed by atoms with Crippen molar-refractivity contribution in [2.75, 3.05) is 46.2 Å². The highest BCUT2D eigenvalue weighted by Crippen LogP contribution is 2.43. The van der Waals surface area contributed by atoms with Crippen LogP contribution in [0.2, 0.25) is 0 Å². The van der Waals surface area contributed by atoms with Gasteiger partial charge in [-0.3, -0.25) is 4.79 Å². The molecule has 4 heterocycles. The summed E-state index contributed by atoms with van der Waals surface area (Å²) in [6.07, 6.45) is 8.72. The molecule has 4 aliphatic heterocycles. The summed E-state index contributed by atoms with van der Waals surface area (Å²) in [5.74, 6) is 1.64. The second-order valence-corrected chi connectivity index (χ2v) is 10.3. The molecule has 0 spiro atoms. The number of hydrogen-bond donors (Lipinski definition) is 1. The Morgan fingerprint density at radius 1 is 1.08 bits per heavy atom. The van der Waals surface area contributed by atoms with Crippen molar-refractivity contribution in [3.8, 4) is 11.5 Å². The van der Waals surface area contributed by atoms with Crippen molar-refractivity contribution in [2.45, 2.75) is 70.1 Å². The number of allylic oxidation sites excluding steroid dienone is 1. The van der Waals surface area contributed by atoms with Gasteiger partial charge in [0.25, 0.3) is 5.91 Å². The Bertz CT molecular complexity index is 923. The lowest BCUT2D eigenvalue weighted by Crippen LogP contribution is -2.49. The zero-order valence-electron chi connectivity index (χ0n) is 21.4. The molecule has 1 aromatic rings. The second kappa shape index (κ2) is 11.8. The lowest BCUT2D eigenvalue weighted by molar-refractivity contribution is -0.171. The molecular formula is C28H40N2O6. The summed E-state index contributed by atoms with van der Waals surface area (Å²) in [6.45, 7) is 6.62. The quantitative estimate of drug-likeness (QED) is 0.584. The fraction of sp³-hybridized carbons (Fsp3) is 0.679. The maximum absolute atomic E-state index is 13.6. The summed E-state index contributed by atoms with van der Waals surface area (Å²) in [4.78, 5) is 18.2. The van der Waals surface area contributed by atoms with Crippen LogP contribution < -0.4 is 9.47 Å². The third-order valence-electron chi connectivity index (χ3n) is 8.06. The largest absolute Gasteiger partial charge is 0.459 e. The van der Waals surface area contributed by atoms with Crippen LogP contribution in [0.1, 0.15) is 63.4 Å². The summed E-state index contributed by atoms with van der Waals surface area (Å²) in [6, 6.07) is 6.53. The van der Waals surface area contributed by atoms with Gasteiger partial charge in [0.2, 0.25) is 13.1 Å². The number of hydrogen-bond acceptors (Lipinski definition) is 7. The summed E-state index contributed by atoms with van der Waals surface area (Å²) in [5, 5.41) is 9.52. The fourth-order valence-corrected chi connectivity index (χ4v) is 6.13.